The maximum absolute atomic E-state index is 13.8. The first kappa shape index (κ1) is 16.0. The topological polar surface area (TPSA) is 32.3 Å². The molecule has 0 saturated carbocycles. The molecule has 2 nitrogen and oxygen atoms in total. The van der Waals surface area contributed by atoms with Crippen molar-refractivity contribution >= 4 is 11.6 Å². The van der Waals surface area contributed by atoms with Crippen LogP contribution >= 0.6 is 11.6 Å². The fourth-order valence-corrected chi connectivity index (χ4v) is 2.52. The van der Waals surface area contributed by atoms with E-state index in [2.05, 4.69) is 5.32 Å². The molecule has 112 valence electrons. The van der Waals surface area contributed by atoms with E-state index in [1.54, 1.807) is 30.3 Å². The molecule has 0 aliphatic heterocycles. The number of aliphatic hydroxyl groups excluding tert-OH is 1. The van der Waals surface area contributed by atoms with E-state index in [1.165, 1.54) is 6.07 Å². The molecule has 4 heteroatoms. The van der Waals surface area contributed by atoms with Gasteiger partial charge < -0.3 is 10.4 Å². The van der Waals surface area contributed by atoms with Crippen molar-refractivity contribution in [2.75, 3.05) is 6.54 Å². The van der Waals surface area contributed by atoms with Gasteiger partial charge in [0.25, 0.3) is 0 Å². The van der Waals surface area contributed by atoms with E-state index in [1.807, 2.05) is 19.1 Å². The predicted octanol–water partition coefficient (Wildman–Crippen LogP) is 4.25. The summed E-state index contributed by atoms with van der Waals surface area (Å²) in [6.45, 7) is 2.32. The molecular weight excluding hydrogens is 289 g/mol. The largest absolute Gasteiger partial charge is 0.387 e. The molecule has 0 aliphatic carbocycles. The highest BCUT2D eigenvalue weighted by molar-refractivity contribution is 6.30. The summed E-state index contributed by atoms with van der Waals surface area (Å²) < 4.78 is 13.8. The van der Waals surface area contributed by atoms with Gasteiger partial charge in [0.05, 0.1) is 6.10 Å². The van der Waals surface area contributed by atoms with Crippen molar-refractivity contribution in [3.8, 4) is 0 Å². The highest BCUT2D eigenvalue weighted by Gasteiger charge is 2.15. The average Bonchev–Trinajstić information content (AvgIpc) is 2.49. The van der Waals surface area contributed by atoms with Crippen molar-refractivity contribution in [3.63, 3.8) is 0 Å². The summed E-state index contributed by atoms with van der Waals surface area (Å²) in [7, 11) is 0. The lowest BCUT2D eigenvalue weighted by atomic mass is 10.0. The molecule has 0 spiro atoms. The third-order valence-corrected chi connectivity index (χ3v) is 3.72. The van der Waals surface area contributed by atoms with Gasteiger partial charge in [-0.05, 0) is 30.2 Å². The molecule has 2 atom stereocenters. The van der Waals surface area contributed by atoms with Crippen LogP contribution in [0, 0.1) is 5.82 Å². The summed E-state index contributed by atoms with van der Waals surface area (Å²) in [4.78, 5) is 0. The van der Waals surface area contributed by atoms with Crippen LogP contribution in [0.2, 0.25) is 5.02 Å². The van der Waals surface area contributed by atoms with Gasteiger partial charge in [-0.25, -0.2) is 4.39 Å². The Morgan fingerprint density at radius 3 is 2.62 bits per heavy atom. The number of benzene rings is 2. The molecule has 21 heavy (non-hydrogen) atoms. The van der Waals surface area contributed by atoms with E-state index in [9.17, 15) is 9.50 Å². The summed E-state index contributed by atoms with van der Waals surface area (Å²) in [5, 5.41) is 14.0. The molecule has 0 heterocycles. The Morgan fingerprint density at radius 1 is 1.19 bits per heavy atom. The summed E-state index contributed by atoms with van der Waals surface area (Å²) in [5.41, 5.74) is 1.37. The fourth-order valence-electron chi connectivity index (χ4n) is 2.32. The molecule has 0 radical (unpaired) electrons. The molecule has 0 aliphatic rings. The van der Waals surface area contributed by atoms with Crippen LogP contribution in [-0.4, -0.2) is 11.7 Å². The first-order valence-electron chi connectivity index (χ1n) is 7.03. The molecular formula is C17H19ClFNO. The zero-order valence-corrected chi connectivity index (χ0v) is 12.6. The standard InChI is InChI=1S/C17H19ClFNO/c1-2-16(14-8-3-4-9-15(14)19)20-11-17(21)12-6-5-7-13(18)10-12/h3-10,16-17,20-21H,2,11H2,1H3/t16-,17?/m1/s1. The number of aliphatic hydroxyl groups is 1. The van der Waals surface area contributed by atoms with Gasteiger partial charge in [-0.15, -0.1) is 0 Å². The quantitative estimate of drug-likeness (QED) is 0.836. The molecule has 0 aromatic heterocycles. The molecule has 2 aromatic rings. The number of nitrogens with one attached hydrogen (secondary N) is 1. The minimum atomic E-state index is -0.676. The van der Waals surface area contributed by atoms with Crippen LogP contribution in [0.1, 0.15) is 36.6 Å². The lowest BCUT2D eigenvalue weighted by Crippen LogP contribution is -2.26. The zero-order chi connectivity index (χ0) is 15.2. The molecule has 2 N–H and O–H groups in total. The van der Waals surface area contributed by atoms with Crippen molar-refractivity contribution in [1.29, 1.82) is 0 Å². The summed E-state index contributed by atoms with van der Waals surface area (Å²) in [6.07, 6.45) is 0.0629. The maximum Gasteiger partial charge on any atom is 0.127 e. The minimum Gasteiger partial charge on any atom is -0.387 e. The second-order valence-corrected chi connectivity index (χ2v) is 5.40. The van der Waals surface area contributed by atoms with Gasteiger partial charge in [-0.2, -0.15) is 0 Å². The predicted molar refractivity (Wildman–Crippen MR) is 83.8 cm³/mol. The molecule has 2 aromatic carbocycles. The second-order valence-electron chi connectivity index (χ2n) is 4.96. The number of hydrogen-bond acceptors (Lipinski definition) is 2. The number of hydrogen-bond donors (Lipinski definition) is 2. The van der Waals surface area contributed by atoms with Crippen molar-refractivity contribution in [2.45, 2.75) is 25.5 Å². The minimum absolute atomic E-state index is 0.125. The van der Waals surface area contributed by atoms with E-state index in [-0.39, 0.29) is 11.9 Å². The Hall–Kier alpha value is -1.42. The van der Waals surface area contributed by atoms with Gasteiger partial charge >= 0.3 is 0 Å². The van der Waals surface area contributed by atoms with Gasteiger partial charge in [-0.3, -0.25) is 0 Å². The number of halogens is 2. The Labute approximate surface area is 129 Å². The van der Waals surface area contributed by atoms with Gasteiger partial charge in [-0.1, -0.05) is 48.9 Å². The normalized spacial score (nSPS) is 13.9. The molecule has 0 fully saturated rings. The van der Waals surface area contributed by atoms with Crippen molar-refractivity contribution in [1.82, 2.24) is 5.32 Å². The lowest BCUT2D eigenvalue weighted by molar-refractivity contribution is 0.169. The first-order chi connectivity index (χ1) is 10.1. The number of rotatable bonds is 6. The molecule has 1 unspecified atom stereocenters. The van der Waals surface area contributed by atoms with Crippen LogP contribution in [-0.2, 0) is 0 Å². The summed E-state index contributed by atoms with van der Waals surface area (Å²) in [6, 6.07) is 13.7. The monoisotopic (exact) mass is 307 g/mol. The van der Waals surface area contributed by atoms with Crippen molar-refractivity contribution in [2.24, 2.45) is 0 Å². The average molecular weight is 308 g/mol. The third kappa shape index (κ3) is 4.27. The summed E-state index contributed by atoms with van der Waals surface area (Å²) >= 11 is 5.91. The van der Waals surface area contributed by atoms with Gasteiger partial charge in [0, 0.05) is 23.2 Å². The lowest BCUT2D eigenvalue weighted by Gasteiger charge is -2.20. The Morgan fingerprint density at radius 2 is 1.95 bits per heavy atom. The van der Waals surface area contributed by atoms with Crippen molar-refractivity contribution < 1.29 is 9.50 Å². The second kappa shape index (κ2) is 7.55. The van der Waals surface area contributed by atoms with Crippen LogP contribution in [0.5, 0.6) is 0 Å². The van der Waals surface area contributed by atoms with E-state index in [4.69, 9.17) is 11.6 Å². The SMILES string of the molecule is CC[C@@H](NCC(O)c1cccc(Cl)c1)c1ccccc1F. The molecule has 2 rings (SSSR count). The fraction of sp³-hybridized carbons (Fsp3) is 0.294. The Bertz CT molecular complexity index is 591. The van der Waals surface area contributed by atoms with Crippen LogP contribution in [0.15, 0.2) is 48.5 Å². The van der Waals surface area contributed by atoms with Crippen LogP contribution in [0.25, 0.3) is 0 Å². The van der Waals surface area contributed by atoms with E-state index in [0.717, 1.165) is 12.0 Å². The molecule has 0 bridgehead atoms. The van der Waals surface area contributed by atoms with E-state index in [0.29, 0.717) is 17.1 Å². The highest BCUT2D eigenvalue weighted by Crippen LogP contribution is 2.22. The van der Waals surface area contributed by atoms with Crippen LogP contribution in [0.4, 0.5) is 4.39 Å². The van der Waals surface area contributed by atoms with Gasteiger partial charge in [0.1, 0.15) is 5.82 Å². The van der Waals surface area contributed by atoms with Gasteiger partial charge in [0.2, 0.25) is 0 Å². The first-order valence-corrected chi connectivity index (χ1v) is 7.41. The zero-order valence-electron chi connectivity index (χ0n) is 11.9. The Kier molecular flexibility index (Phi) is 5.74. The van der Waals surface area contributed by atoms with Crippen LogP contribution < -0.4 is 5.32 Å². The molecule has 0 amide bonds. The van der Waals surface area contributed by atoms with Crippen molar-refractivity contribution in [3.05, 3.63) is 70.5 Å². The van der Waals surface area contributed by atoms with E-state index < -0.39 is 6.10 Å². The summed E-state index contributed by atoms with van der Waals surface area (Å²) in [5.74, 6) is -0.228. The highest BCUT2D eigenvalue weighted by atomic mass is 35.5. The van der Waals surface area contributed by atoms with Gasteiger partial charge in [0.15, 0.2) is 0 Å². The molecule has 0 saturated heterocycles. The maximum atomic E-state index is 13.8. The van der Waals surface area contributed by atoms with E-state index >= 15 is 0 Å². The smallest absolute Gasteiger partial charge is 0.127 e. The Balaban J connectivity index is 2.02. The van der Waals surface area contributed by atoms with Crippen LogP contribution in [0.3, 0.4) is 0 Å². The third-order valence-electron chi connectivity index (χ3n) is 3.48.